The van der Waals surface area contributed by atoms with Gasteiger partial charge in [0.1, 0.15) is 0 Å². The molecule has 1 aromatic carbocycles. The van der Waals surface area contributed by atoms with Crippen LogP contribution in [0.3, 0.4) is 0 Å². The summed E-state index contributed by atoms with van der Waals surface area (Å²) < 4.78 is 5.75. The van der Waals surface area contributed by atoms with E-state index in [1.807, 2.05) is 0 Å². The molecule has 0 aliphatic rings. The van der Waals surface area contributed by atoms with Crippen molar-refractivity contribution in [2.24, 2.45) is 5.73 Å². The van der Waals surface area contributed by atoms with Gasteiger partial charge < -0.3 is 10.5 Å². The number of hydrogen-bond donors (Lipinski definition) is 1. The highest BCUT2D eigenvalue weighted by Gasteiger charge is 2.13. The van der Waals surface area contributed by atoms with E-state index in [0.29, 0.717) is 12.5 Å². The van der Waals surface area contributed by atoms with Crippen LogP contribution in [-0.4, -0.2) is 18.8 Å². The SMILES string of the molecule is Cc1ccc(C(CN)CCOC(C)(C)C)cc1. The highest BCUT2D eigenvalue weighted by atomic mass is 16.5. The largest absolute Gasteiger partial charge is 0.376 e. The lowest BCUT2D eigenvalue weighted by Crippen LogP contribution is -2.22. The Kier molecular flexibility index (Phi) is 5.16. The van der Waals surface area contributed by atoms with Crippen LogP contribution in [0.5, 0.6) is 0 Å². The van der Waals surface area contributed by atoms with Crippen molar-refractivity contribution in [3.63, 3.8) is 0 Å². The number of rotatable bonds is 5. The minimum atomic E-state index is -0.0631. The number of hydrogen-bond acceptors (Lipinski definition) is 2. The second-order valence-corrected chi connectivity index (χ2v) is 5.59. The van der Waals surface area contributed by atoms with Gasteiger partial charge in [-0.25, -0.2) is 0 Å². The lowest BCUT2D eigenvalue weighted by atomic mass is 9.95. The molecule has 0 aliphatic carbocycles. The minimum absolute atomic E-state index is 0.0631. The molecular weight excluding hydrogens is 210 g/mol. The molecule has 0 saturated heterocycles. The summed E-state index contributed by atoms with van der Waals surface area (Å²) in [4.78, 5) is 0. The maximum Gasteiger partial charge on any atom is 0.0598 e. The van der Waals surface area contributed by atoms with Crippen LogP contribution in [0.1, 0.15) is 44.2 Å². The summed E-state index contributed by atoms with van der Waals surface area (Å²) in [6, 6.07) is 8.62. The lowest BCUT2D eigenvalue weighted by Gasteiger charge is -2.22. The van der Waals surface area contributed by atoms with E-state index in [1.165, 1.54) is 11.1 Å². The number of ether oxygens (including phenoxy) is 1. The fourth-order valence-corrected chi connectivity index (χ4v) is 1.77. The lowest BCUT2D eigenvalue weighted by molar-refractivity contribution is -0.00601. The third kappa shape index (κ3) is 5.33. The van der Waals surface area contributed by atoms with Gasteiger partial charge in [0, 0.05) is 6.61 Å². The summed E-state index contributed by atoms with van der Waals surface area (Å²) in [5, 5.41) is 0. The van der Waals surface area contributed by atoms with Crippen molar-refractivity contribution in [3.05, 3.63) is 35.4 Å². The van der Waals surface area contributed by atoms with Crippen LogP contribution >= 0.6 is 0 Å². The van der Waals surface area contributed by atoms with Crippen LogP contribution in [0.15, 0.2) is 24.3 Å². The maximum absolute atomic E-state index is 5.84. The van der Waals surface area contributed by atoms with Crippen molar-refractivity contribution < 1.29 is 4.74 Å². The molecule has 1 atom stereocenters. The minimum Gasteiger partial charge on any atom is -0.376 e. The zero-order chi connectivity index (χ0) is 12.9. The van der Waals surface area contributed by atoms with E-state index in [4.69, 9.17) is 10.5 Å². The Hall–Kier alpha value is -0.860. The third-order valence-electron chi connectivity index (χ3n) is 2.83. The molecule has 2 nitrogen and oxygen atoms in total. The van der Waals surface area contributed by atoms with Crippen molar-refractivity contribution in [1.82, 2.24) is 0 Å². The Morgan fingerprint density at radius 1 is 1.18 bits per heavy atom. The zero-order valence-electron chi connectivity index (χ0n) is 11.5. The Labute approximate surface area is 105 Å². The van der Waals surface area contributed by atoms with Gasteiger partial charge in [0.25, 0.3) is 0 Å². The van der Waals surface area contributed by atoms with Crippen LogP contribution < -0.4 is 5.73 Å². The van der Waals surface area contributed by atoms with Crippen LogP contribution in [0.4, 0.5) is 0 Å². The molecule has 0 spiro atoms. The Morgan fingerprint density at radius 2 is 1.76 bits per heavy atom. The molecular formula is C15H25NO. The van der Waals surface area contributed by atoms with Gasteiger partial charge in [-0.15, -0.1) is 0 Å². The molecule has 0 fully saturated rings. The van der Waals surface area contributed by atoms with Gasteiger partial charge >= 0.3 is 0 Å². The van der Waals surface area contributed by atoms with Gasteiger partial charge in [0.05, 0.1) is 5.60 Å². The second-order valence-electron chi connectivity index (χ2n) is 5.59. The zero-order valence-corrected chi connectivity index (χ0v) is 11.5. The van der Waals surface area contributed by atoms with Crippen molar-refractivity contribution in [2.45, 2.75) is 45.6 Å². The fraction of sp³-hybridized carbons (Fsp3) is 0.600. The Balaban J connectivity index is 2.51. The van der Waals surface area contributed by atoms with E-state index in [1.54, 1.807) is 0 Å². The first-order chi connectivity index (χ1) is 7.92. The van der Waals surface area contributed by atoms with E-state index in [2.05, 4.69) is 52.0 Å². The molecule has 17 heavy (non-hydrogen) atoms. The third-order valence-corrected chi connectivity index (χ3v) is 2.83. The van der Waals surface area contributed by atoms with E-state index >= 15 is 0 Å². The van der Waals surface area contributed by atoms with E-state index in [0.717, 1.165) is 13.0 Å². The molecule has 0 aliphatic heterocycles. The molecule has 2 N–H and O–H groups in total. The summed E-state index contributed by atoms with van der Waals surface area (Å²) in [5.74, 6) is 0.401. The van der Waals surface area contributed by atoms with Gasteiger partial charge in [-0.2, -0.15) is 0 Å². The molecule has 2 heteroatoms. The average molecular weight is 235 g/mol. The highest BCUT2D eigenvalue weighted by Crippen LogP contribution is 2.20. The van der Waals surface area contributed by atoms with Crippen molar-refractivity contribution in [2.75, 3.05) is 13.2 Å². The monoisotopic (exact) mass is 235 g/mol. The van der Waals surface area contributed by atoms with E-state index in [-0.39, 0.29) is 5.60 Å². The molecule has 0 bridgehead atoms. The smallest absolute Gasteiger partial charge is 0.0598 e. The molecule has 0 amide bonds. The molecule has 1 rings (SSSR count). The first kappa shape index (κ1) is 14.2. The molecule has 0 radical (unpaired) electrons. The van der Waals surface area contributed by atoms with Gasteiger partial charge in [-0.05, 0) is 52.1 Å². The molecule has 0 heterocycles. The van der Waals surface area contributed by atoms with Gasteiger partial charge in [-0.3, -0.25) is 0 Å². The van der Waals surface area contributed by atoms with Crippen LogP contribution in [-0.2, 0) is 4.74 Å². The first-order valence-electron chi connectivity index (χ1n) is 6.33. The molecule has 1 aromatic rings. The average Bonchev–Trinajstić information content (AvgIpc) is 2.24. The molecule has 0 aromatic heterocycles. The van der Waals surface area contributed by atoms with E-state index < -0.39 is 0 Å². The molecule has 1 unspecified atom stereocenters. The van der Waals surface area contributed by atoms with Crippen molar-refractivity contribution >= 4 is 0 Å². The predicted molar refractivity (Wildman–Crippen MR) is 73.3 cm³/mol. The van der Waals surface area contributed by atoms with Gasteiger partial charge in [0.2, 0.25) is 0 Å². The molecule has 0 saturated carbocycles. The van der Waals surface area contributed by atoms with Crippen molar-refractivity contribution in [3.8, 4) is 0 Å². The topological polar surface area (TPSA) is 35.2 Å². The van der Waals surface area contributed by atoms with Gasteiger partial charge in [0.15, 0.2) is 0 Å². The van der Waals surface area contributed by atoms with E-state index in [9.17, 15) is 0 Å². The predicted octanol–water partition coefficient (Wildman–Crippen LogP) is 3.24. The number of benzene rings is 1. The van der Waals surface area contributed by atoms with Crippen molar-refractivity contribution in [1.29, 1.82) is 0 Å². The summed E-state index contributed by atoms with van der Waals surface area (Å²) in [6.45, 7) is 9.78. The fourth-order valence-electron chi connectivity index (χ4n) is 1.77. The normalized spacial score (nSPS) is 13.7. The maximum atomic E-state index is 5.84. The Bertz CT molecular complexity index is 324. The summed E-state index contributed by atoms with van der Waals surface area (Å²) in [7, 11) is 0. The summed E-state index contributed by atoms with van der Waals surface area (Å²) >= 11 is 0. The van der Waals surface area contributed by atoms with Crippen LogP contribution in [0.2, 0.25) is 0 Å². The second kappa shape index (κ2) is 6.18. The first-order valence-corrected chi connectivity index (χ1v) is 6.33. The van der Waals surface area contributed by atoms with Gasteiger partial charge in [-0.1, -0.05) is 29.8 Å². The van der Waals surface area contributed by atoms with Crippen LogP contribution in [0.25, 0.3) is 0 Å². The highest BCUT2D eigenvalue weighted by molar-refractivity contribution is 5.24. The summed E-state index contributed by atoms with van der Waals surface area (Å²) in [5.41, 5.74) is 8.38. The standard InChI is InChI=1S/C15H25NO/c1-12-5-7-13(8-6-12)14(11-16)9-10-17-15(2,3)4/h5-8,14H,9-11,16H2,1-4H3. The summed E-state index contributed by atoms with van der Waals surface area (Å²) in [6.07, 6.45) is 0.983. The number of aryl methyl sites for hydroxylation is 1. The Morgan fingerprint density at radius 3 is 2.24 bits per heavy atom. The molecule has 96 valence electrons. The quantitative estimate of drug-likeness (QED) is 0.850. The van der Waals surface area contributed by atoms with Crippen LogP contribution in [0, 0.1) is 6.92 Å². The number of nitrogens with two attached hydrogens (primary N) is 1.